The van der Waals surface area contributed by atoms with Gasteiger partial charge in [0.25, 0.3) is 5.91 Å². The van der Waals surface area contributed by atoms with Crippen LogP contribution in [0.3, 0.4) is 0 Å². The molecule has 1 fully saturated rings. The first-order valence-electron chi connectivity index (χ1n) is 6.13. The van der Waals surface area contributed by atoms with Crippen LogP contribution < -0.4 is 11.1 Å². The number of thiazole rings is 1. The van der Waals surface area contributed by atoms with Gasteiger partial charge in [0, 0.05) is 18.3 Å². The van der Waals surface area contributed by atoms with Gasteiger partial charge in [0.05, 0.1) is 5.01 Å². The lowest BCUT2D eigenvalue weighted by Crippen LogP contribution is -2.29. The molecule has 1 amide bonds. The molecule has 1 aliphatic carbocycles. The van der Waals surface area contributed by atoms with Crippen LogP contribution in [0.1, 0.15) is 35.3 Å². The Labute approximate surface area is 106 Å². The highest BCUT2D eigenvalue weighted by Gasteiger charge is 2.28. The Kier molecular flexibility index (Phi) is 4.12. The molecule has 1 atom stereocenters. The summed E-state index contributed by atoms with van der Waals surface area (Å²) in [7, 11) is 0. The van der Waals surface area contributed by atoms with Crippen molar-refractivity contribution in [2.45, 2.75) is 26.2 Å². The van der Waals surface area contributed by atoms with E-state index in [9.17, 15) is 4.79 Å². The second-order valence-corrected chi connectivity index (χ2v) is 5.63. The van der Waals surface area contributed by atoms with Crippen LogP contribution in [-0.2, 0) is 6.42 Å². The summed E-state index contributed by atoms with van der Waals surface area (Å²) in [6, 6.07) is 0. The molecule has 1 aromatic rings. The molecule has 0 spiro atoms. The van der Waals surface area contributed by atoms with Crippen molar-refractivity contribution in [1.82, 2.24) is 10.3 Å². The van der Waals surface area contributed by atoms with Crippen molar-refractivity contribution < 1.29 is 4.79 Å². The number of nitrogens with two attached hydrogens (primary N) is 1. The van der Waals surface area contributed by atoms with E-state index in [1.807, 2.05) is 5.38 Å². The van der Waals surface area contributed by atoms with E-state index in [-0.39, 0.29) is 5.91 Å². The van der Waals surface area contributed by atoms with Crippen LogP contribution in [-0.4, -0.2) is 24.0 Å². The largest absolute Gasteiger partial charge is 0.350 e. The average molecular weight is 253 g/mol. The Morgan fingerprint density at radius 3 is 3.12 bits per heavy atom. The predicted molar refractivity (Wildman–Crippen MR) is 69.1 cm³/mol. The topological polar surface area (TPSA) is 68.0 Å². The van der Waals surface area contributed by atoms with Gasteiger partial charge in [0.15, 0.2) is 0 Å². The summed E-state index contributed by atoms with van der Waals surface area (Å²) in [6.45, 7) is 3.53. The van der Waals surface area contributed by atoms with Crippen molar-refractivity contribution in [3.63, 3.8) is 0 Å². The van der Waals surface area contributed by atoms with Gasteiger partial charge in [-0.3, -0.25) is 4.79 Å². The van der Waals surface area contributed by atoms with Gasteiger partial charge in [-0.15, -0.1) is 11.3 Å². The molecule has 0 aliphatic heterocycles. The summed E-state index contributed by atoms with van der Waals surface area (Å²) in [5.41, 5.74) is 5.98. The molecule has 0 aromatic carbocycles. The molecular formula is C12H19N3OS. The van der Waals surface area contributed by atoms with Crippen molar-refractivity contribution in [1.29, 1.82) is 0 Å². The summed E-state index contributed by atoms with van der Waals surface area (Å²) >= 11 is 1.50. The Hall–Kier alpha value is -0.940. The minimum atomic E-state index is -0.0583. The summed E-state index contributed by atoms with van der Waals surface area (Å²) in [5, 5.41) is 5.69. The van der Waals surface area contributed by atoms with Crippen LogP contribution in [0.5, 0.6) is 0 Å². The number of nitrogens with zero attached hydrogens (tertiary/aromatic N) is 1. The maximum absolute atomic E-state index is 11.8. The number of amides is 1. The molecule has 17 heavy (non-hydrogen) atoms. The zero-order valence-corrected chi connectivity index (χ0v) is 10.9. The average Bonchev–Trinajstić information content (AvgIpc) is 3.07. The molecular weight excluding hydrogens is 234 g/mol. The van der Waals surface area contributed by atoms with Gasteiger partial charge in [-0.05, 0) is 31.2 Å². The number of aromatic nitrogens is 1. The first-order valence-corrected chi connectivity index (χ1v) is 7.01. The van der Waals surface area contributed by atoms with Crippen LogP contribution in [0.2, 0.25) is 0 Å². The standard InChI is InChI=1S/C12H19N3OS/c1-8(9-2-3-9)6-14-12(16)10-7-17-11(15-10)4-5-13/h7-9H,2-6,13H2,1H3,(H,14,16). The van der Waals surface area contributed by atoms with Crippen LogP contribution in [0.4, 0.5) is 0 Å². The highest BCUT2D eigenvalue weighted by molar-refractivity contribution is 7.09. The first kappa shape index (κ1) is 12.5. The molecule has 5 heteroatoms. The van der Waals surface area contributed by atoms with Crippen molar-refractivity contribution in [2.24, 2.45) is 17.6 Å². The first-order chi connectivity index (χ1) is 8.20. The highest BCUT2D eigenvalue weighted by atomic mass is 32.1. The monoisotopic (exact) mass is 253 g/mol. The minimum absolute atomic E-state index is 0.0583. The van der Waals surface area contributed by atoms with Gasteiger partial charge >= 0.3 is 0 Å². The fraction of sp³-hybridized carbons (Fsp3) is 0.667. The molecule has 1 aromatic heterocycles. The molecule has 0 saturated heterocycles. The smallest absolute Gasteiger partial charge is 0.270 e. The van der Waals surface area contributed by atoms with Gasteiger partial charge < -0.3 is 11.1 Å². The molecule has 1 aliphatic rings. The maximum Gasteiger partial charge on any atom is 0.270 e. The fourth-order valence-corrected chi connectivity index (χ4v) is 2.62. The minimum Gasteiger partial charge on any atom is -0.350 e. The van der Waals surface area contributed by atoms with Gasteiger partial charge in [-0.1, -0.05) is 6.92 Å². The van der Waals surface area contributed by atoms with Crippen molar-refractivity contribution >= 4 is 17.2 Å². The number of rotatable bonds is 6. The van der Waals surface area contributed by atoms with E-state index in [1.54, 1.807) is 0 Å². The van der Waals surface area contributed by atoms with Crippen molar-refractivity contribution in [2.75, 3.05) is 13.1 Å². The number of nitrogens with one attached hydrogen (secondary N) is 1. The van der Waals surface area contributed by atoms with Gasteiger partial charge in [0.2, 0.25) is 0 Å². The Bertz CT molecular complexity index is 387. The fourth-order valence-electron chi connectivity index (χ4n) is 1.83. The summed E-state index contributed by atoms with van der Waals surface area (Å²) in [5.74, 6) is 1.34. The van der Waals surface area contributed by atoms with Crippen LogP contribution in [0.25, 0.3) is 0 Å². The lowest BCUT2D eigenvalue weighted by molar-refractivity contribution is 0.0942. The number of hydrogen-bond acceptors (Lipinski definition) is 4. The molecule has 0 bridgehead atoms. The SMILES string of the molecule is CC(CNC(=O)c1csc(CCN)n1)C1CC1. The Morgan fingerprint density at radius 1 is 1.71 bits per heavy atom. The molecule has 0 radical (unpaired) electrons. The number of hydrogen-bond donors (Lipinski definition) is 2. The lowest BCUT2D eigenvalue weighted by atomic mass is 10.1. The van der Waals surface area contributed by atoms with E-state index in [4.69, 9.17) is 5.73 Å². The summed E-state index contributed by atoms with van der Waals surface area (Å²) in [6.07, 6.45) is 3.37. The zero-order valence-electron chi connectivity index (χ0n) is 10.1. The van der Waals surface area contributed by atoms with E-state index in [0.29, 0.717) is 18.2 Å². The van der Waals surface area contributed by atoms with Crippen molar-refractivity contribution in [3.05, 3.63) is 16.1 Å². The second kappa shape index (κ2) is 5.60. The Balaban J connectivity index is 1.81. The molecule has 94 valence electrons. The molecule has 3 N–H and O–H groups in total. The van der Waals surface area contributed by atoms with E-state index in [1.165, 1.54) is 24.2 Å². The van der Waals surface area contributed by atoms with Crippen LogP contribution >= 0.6 is 11.3 Å². The lowest BCUT2D eigenvalue weighted by Gasteiger charge is -2.10. The molecule has 4 nitrogen and oxygen atoms in total. The van der Waals surface area contributed by atoms with Gasteiger partial charge in [-0.2, -0.15) is 0 Å². The van der Waals surface area contributed by atoms with Crippen molar-refractivity contribution in [3.8, 4) is 0 Å². The maximum atomic E-state index is 11.8. The third-order valence-electron chi connectivity index (χ3n) is 3.15. The van der Waals surface area contributed by atoms with E-state index in [0.717, 1.165) is 23.9 Å². The molecule has 2 rings (SSSR count). The number of carbonyl (C=O) groups is 1. The van der Waals surface area contributed by atoms with E-state index >= 15 is 0 Å². The highest BCUT2D eigenvalue weighted by Crippen LogP contribution is 2.36. The molecule has 1 heterocycles. The predicted octanol–water partition coefficient (Wildman–Crippen LogP) is 1.42. The van der Waals surface area contributed by atoms with Gasteiger partial charge in [-0.25, -0.2) is 4.98 Å². The third-order valence-corrected chi connectivity index (χ3v) is 4.06. The summed E-state index contributed by atoms with van der Waals surface area (Å²) in [4.78, 5) is 16.1. The third kappa shape index (κ3) is 3.51. The zero-order chi connectivity index (χ0) is 12.3. The van der Waals surface area contributed by atoms with Crippen LogP contribution in [0, 0.1) is 11.8 Å². The Morgan fingerprint density at radius 2 is 2.47 bits per heavy atom. The number of carbonyl (C=O) groups excluding carboxylic acids is 1. The molecule has 1 unspecified atom stereocenters. The second-order valence-electron chi connectivity index (χ2n) is 4.69. The van der Waals surface area contributed by atoms with E-state index < -0.39 is 0 Å². The molecule has 1 saturated carbocycles. The van der Waals surface area contributed by atoms with Gasteiger partial charge in [0.1, 0.15) is 5.69 Å². The summed E-state index contributed by atoms with van der Waals surface area (Å²) < 4.78 is 0. The quantitative estimate of drug-likeness (QED) is 0.805. The van der Waals surface area contributed by atoms with E-state index in [2.05, 4.69) is 17.2 Å². The van der Waals surface area contributed by atoms with Crippen LogP contribution in [0.15, 0.2) is 5.38 Å². The normalized spacial score (nSPS) is 16.8.